The quantitative estimate of drug-likeness (QED) is 0.205. The van der Waals surface area contributed by atoms with Crippen LogP contribution in [0.25, 0.3) is 44.2 Å². The molecular formula is C47H32O. The fourth-order valence-electron chi connectivity index (χ4n) is 7.95. The molecule has 0 aliphatic heterocycles. The van der Waals surface area contributed by atoms with Crippen LogP contribution in [0.1, 0.15) is 38.9 Å². The second kappa shape index (κ2) is 11.3. The van der Waals surface area contributed by atoms with E-state index in [-0.39, 0.29) is 0 Å². The maximum Gasteiger partial charge on any atom is 0.142 e. The SMILES string of the molecule is OC1(c2ccccc2)C(c2ccccc2)=C(c2ccccc2)C2=C(C(c3ccccc3)=C1c1ccccc1)c1cccc3cccc2c13. The number of rotatable bonds is 5. The van der Waals surface area contributed by atoms with Crippen molar-refractivity contribution in [3.63, 3.8) is 0 Å². The average molecular weight is 613 g/mol. The number of aliphatic hydroxyl groups is 1. The zero-order valence-electron chi connectivity index (χ0n) is 26.3. The molecule has 226 valence electrons. The average Bonchev–Trinajstić information content (AvgIpc) is 3.43. The van der Waals surface area contributed by atoms with E-state index in [9.17, 15) is 5.11 Å². The van der Waals surface area contributed by atoms with Crippen LogP contribution in [0.2, 0.25) is 0 Å². The maximum absolute atomic E-state index is 14.3. The molecule has 7 aromatic carbocycles. The van der Waals surface area contributed by atoms with Crippen molar-refractivity contribution in [3.8, 4) is 0 Å². The highest BCUT2D eigenvalue weighted by Gasteiger charge is 2.48. The fourth-order valence-corrected chi connectivity index (χ4v) is 7.95. The predicted molar refractivity (Wildman–Crippen MR) is 200 cm³/mol. The molecule has 0 amide bonds. The third-order valence-corrected chi connectivity index (χ3v) is 9.86. The molecule has 0 unspecified atom stereocenters. The number of hydrogen-bond acceptors (Lipinski definition) is 1. The highest BCUT2D eigenvalue weighted by atomic mass is 16.3. The normalized spacial score (nSPS) is 15.1. The number of allylic oxidation sites excluding steroid dienone is 4. The van der Waals surface area contributed by atoms with Crippen molar-refractivity contribution in [2.75, 3.05) is 0 Å². The van der Waals surface area contributed by atoms with E-state index >= 15 is 0 Å². The lowest BCUT2D eigenvalue weighted by molar-refractivity contribution is 0.166. The summed E-state index contributed by atoms with van der Waals surface area (Å²) >= 11 is 0. The Balaban J connectivity index is 1.61. The zero-order chi connectivity index (χ0) is 32.1. The summed E-state index contributed by atoms with van der Waals surface area (Å²) in [6.45, 7) is 0. The van der Waals surface area contributed by atoms with Crippen LogP contribution in [0.3, 0.4) is 0 Å². The van der Waals surface area contributed by atoms with Gasteiger partial charge in [0.25, 0.3) is 0 Å². The summed E-state index contributed by atoms with van der Waals surface area (Å²) in [4.78, 5) is 0. The molecule has 0 aromatic heterocycles. The lowest BCUT2D eigenvalue weighted by atomic mass is 9.70. The van der Waals surface area contributed by atoms with Gasteiger partial charge in [-0.1, -0.05) is 188 Å². The molecule has 1 N–H and O–H groups in total. The number of fused-ring (bicyclic) bond motifs is 2. The summed E-state index contributed by atoms with van der Waals surface area (Å²) in [5.41, 5.74) is 11.8. The molecule has 0 fully saturated rings. The molecule has 0 heterocycles. The first-order valence-electron chi connectivity index (χ1n) is 16.5. The predicted octanol–water partition coefficient (Wildman–Crippen LogP) is 11.2. The summed E-state index contributed by atoms with van der Waals surface area (Å²) in [7, 11) is 0. The van der Waals surface area contributed by atoms with E-state index in [0.717, 1.165) is 61.3 Å². The van der Waals surface area contributed by atoms with E-state index in [1.807, 2.05) is 30.3 Å². The van der Waals surface area contributed by atoms with Gasteiger partial charge in [0.05, 0.1) is 0 Å². The molecule has 7 aromatic rings. The third-order valence-electron chi connectivity index (χ3n) is 9.86. The van der Waals surface area contributed by atoms with Crippen LogP contribution in [0, 0.1) is 0 Å². The minimum absolute atomic E-state index is 0.817. The minimum atomic E-state index is -1.56. The van der Waals surface area contributed by atoms with Gasteiger partial charge in [0.2, 0.25) is 0 Å². The first-order chi connectivity index (χ1) is 23.7. The van der Waals surface area contributed by atoms with Gasteiger partial charge in [-0.25, -0.2) is 0 Å². The van der Waals surface area contributed by atoms with Crippen molar-refractivity contribution in [1.82, 2.24) is 0 Å². The smallest absolute Gasteiger partial charge is 0.142 e. The summed E-state index contributed by atoms with van der Waals surface area (Å²) in [6.07, 6.45) is 0. The highest BCUT2D eigenvalue weighted by Crippen LogP contribution is 2.63. The lowest BCUT2D eigenvalue weighted by Crippen LogP contribution is -2.31. The van der Waals surface area contributed by atoms with Gasteiger partial charge in [0, 0.05) is 11.1 Å². The van der Waals surface area contributed by atoms with Gasteiger partial charge in [0.15, 0.2) is 0 Å². The molecule has 9 rings (SSSR count). The van der Waals surface area contributed by atoms with Crippen LogP contribution >= 0.6 is 0 Å². The Hall–Kier alpha value is -6.02. The first-order valence-corrected chi connectivity index (χ1v) is 16.5. The molecule has 1 heteroatoms. The van der Waals surface area contributed by atoms with Gasteiger partial charge in [-0.15, -0.1) is 0 Å². The van der Waals surface area contributed by atoms with Gasteiger partial charge in [-0.3, -0.25) is 0 Å². The van der Waals surface area contributed by atoms with Gasteiger partial charge in [-0.05, 0) is 72.0 Å². The maximum atomic E-state index is 14.3. The van der Waals surface area contributed by atoms with Crippen molar-refractivity contribution in [3.05, 3.63) is 227 Å². The molecule has 0 spiro atoms. The van der Waals surface area contributed by atoms with Gasteiger partial charge < -0.3 is 5.11 Å². The fraction of sp³-hybridized carbons (Fsp3) is 0.0213. The topological polar surface area (TPSA) is 20.2 Å². The Kier molecular flexibility index (Phi) is 6.67. The highest BCUT2D eigenvalue weighted by molar-refractivity contribution is 6.41. The monoisotopic (exact) mass is 612 g/mol. The zero-order valence-corrected chi connectivity index (χ0v) is 26.3. The van der Waals surface area contributed by atoms with Crippen molar-refractivity contribution in [1.29, 1.82) is 0 Å². The van der Waals surface area contributed by atoms with Crippen LogP contribution in [0.15, 0.2) is 188 Å². The largest absolute Gasteiger partial charge is 0.376 e. The molecule has 0 saturated heterocycles. The Morgan fingerprint density at radius 3 is 1.06 bits per heavy atom. The first kappa shape index (κ1) is 28.2. The van der Waals surface area contributed by atoms with E-state index in [1.165, 1.54) is 21.9 Å². The second-order valence-corrected chi connectivity index (χ2v) is 12.5. The second-order valence-electron chi connectivity index (χ2n) is 12.5. The number of benzene rings is 7. The summed E-state index contributed by atoms with van der Waals surface area (Å²) in [5.74, 6) is 0. The molecule has 0 saturated carbocycles. The minimum Gasteiger partial charge on any atom is -0.376 e. The van der Waals surface area contributed by atoms with Crippen molar-refractivity contribution in [2.24, 2.45) is 0 Å². The Morgan fingerprint density at radius 1 is 0.312 bits per heavy atom. The van der Waals surface area contributed by atoms with Crippen LogP contribution in [-0.2, 0) is 5.60 Å². The Bertz CT molecular complexity index is 2250. The Morgan fingerprint density at radius 2 is 0.667 bits per heavy atom. The molecule has 2 aliphatic carbocycles. The van der Waals surface area contributed by atoms with E-state index in [0.29, 0.717) is 0 Å². The molecule has 0 radical (unpaired) electrons. The van der Waals surface area contributed by atoms with Crippen molar-refractivity contribution >= 4 is 44.2 Å². The standard InChI is InChI=1S/C47H32O/c48-47(37-28-14-5-15-29-37)45(35-22-10-3-11-23-35)41(33-18-6-1-7-19-33)43-38-30-16-26-32-27-17-31-39(40(32)38)44(43)42(34-20-8-2-9-21-34)46(47)36-24-12-4-13-25-36/h1-31,48H. The number of hydrogen-bond donors (Lipinski definition) is 1. The molecule has 48 heavy (non-hydrogen) atoms. The van der Waals surface area contributed by atoms with Gasteiger partial charge in [-0.2, -0.15) is 0 Å². The third kappa shape index (κ3) is 4.22. The molecule has 0 atom stereocenters. The molecule has 1 nitrogen and oxygen atoms in total. The summed E-state index contributed by atoms with van der Waals surface area (Å²) < 4.78 is 0. The Labute approximate surface area is 281 Å². The van der Waals surface area contributed by atoms with Crippen molar-refractivity contribution in [2.45, 2.75) is 5.60 Å². The van der Waals surface area contributed by atoms with E-state index < -0.39 is 5.60 Å². The van der Waals surface area contributed by atoms with Crippen LogP contribution < -0.4 is 0 Å². The van der Waals surface area contributed by atoms with E-state index in [2.05, 4.69) is 158 Å². The molecule has 0 bridgehead atoms. The summed E-state index contributed by atoms with van der Waals surface area (Å²) in [5, 5.41) is 16.7. The molecule has 2 aliphatic rings. The van der Waals surface area contributed by atoms with Crippen LogP contribution in [0.5, 0.6) is 0 Å². The summed E-state index contributed by atoms with van der Waals surface area (Å²) in [6, 6.07) is 65.8. The molecular weight excluding hydrogens is 581 g/mol. The van der Waals surface area contributed by atoms with Gasteiger partial charge in [0.1, 0.15) is 5.60 Å². The van der Waals surface area contributed by atoms with Crippen LogP contribution in [-0.4, -0.2) is 5.11 Å². The lowest BCUT2D eigenvalue weighted by Gasteiger charge is -2.37. The van der Waals surface area contributed by atoms with Crippen molar-refractivity contribution < 1.29 is 5.11 Å². The van der Waals surface area contributed by atoms with Crippen LogP contribution in [0.4, 0.5) is 0 Å². The van der Waals surface area contributed by atoms with E-state index in [1.54, 1.807) is 0 Å². The van der Waals surface area contributed by atoms with E-state index in [4.69, 9.17) is 0 Å². The van der Waals surface area contributed by atoms with Gasteiger partial charge >= 0.3 is 0 Å².